The molecule has 0 saturated heterocycles. The number of anilines is 1. The number of aryl methyl sites for hydroxylation is 1. The largest absolute Gasteiger partial charge is 0.324 e. The monoisotopic (exact) mass is 294 g/mol. The minimum Gasteiger partial charge on any atom is -0.324 e. The fourth-order valence-electron chi connectivity index (χ4n) is 1.31. The van der Waals surface area contributed by atoms with Crippen LogP contribution in [0.2, 0.25) is 0 Å². The first-order valence-corrected chi connectivity index (χ1v) is 6.21. The molecule has 0 aliphatic heterocycles. The number of halogens is 1. The van der Waals surface area contributed by atoms with Gasteiger partial charge in [0, 0.05) is 10.2 Å². The van der Waals surface area contributed by atoms with Crippen LogP contribution in [0.15, 0.2) is 22.7 Å². The van der Waals surface area contributed by atoms with Gasteiger partial charge in [-0.25, -0.2) is 0 Å². The van der Waals surface area contributed by atoms with Gasteiger partial charge in [0.05, 0.1) is 6.07 Å². The molecule has 17 heavy (non-hydrogen) atoms. The lowest BCUT2D eigenvalue weighted by molar-refractivity contribution is -0.121. The Morgan fingerprint density at radius 3 is 2.71 bits per heavy atom. The van der Waals surface area contributed by atoms with Gasteiger partial charge in [-0.15, -0.1) is 0 Å². The smallest absolute Gasteiger partial charge is 0.244 e. The molecule has 90 valence electrons. The van der Waals surface area contributed by atoms with E-state index in [1.165, 1.54) is 0 Å². The van der Waals surface area contributed by atoms with Gasteiger partial charge in [-0.1, -0.05) is 22.9 Å². The molecule has 0 saturated carbocycles. The highest BCUT2D eigenvalue weighted by molar-refractivity contribution is 9.10. The molecular weight excluding hydrogens is 280 g/mol. The molecule has 0 heterocycles. The molecular formula is C13H15BrN2O. The van der Waals surface area contributed by atoms with Gasteiger partial charge in [0.25, 0.3) is 0 Å². The van der Waals surface area contributed by atoms with Gasteiger partial charge in [-0.05, 0) is 44.0 Å². The Morgan fingerprint density at radius 1 is 1.53 bits per heavy atom. The molecule has 3 nitrogen and oxygen atoms in total. The van der Waals surface area contributed by atoms with E-state index in [0.29, 0.717) is 0 Å². The van der Waals surface area contributed by atoms with Crippen molar-refractivity contribution in [3.8, 4) is 6.07 Å². The highest BCUT2D eigenvalue weighted by atomic mass is 79.9. The topological polar surface area (TPSA) is 52.9 Å². The molecule has 1 aromatic rings. The Balaban J connectivity index is 2.97. The third kappa shape index (κ3) is 3.31. The molecule has 0 spiro atoms. The minimum absolute atomic E-state index is 0.281. The molecule has 4 heteroatoms. The van der Waals surface area contributed by atoms with E-state index in [2.05, 4.69) is 21.2 Å². The second-order valence-electron chi connectivity index (χ2n) is 4.35. The van der Waals surface area contributed by atoms with Crippen molar-refractivity contribution in [2.75, 3.05) is 5.32 Å². The number of hydrogen-bond acceptors (Lipinski definition) is 2. The average molecular weight is 295 g/mol. The van der Waals surface area contributed by atoms with Crippen molar-refractivity contribution in [2.24, 2.45) is 5.41 Å². The number of rotatable bonds is 3. The first-order chi connectivity index (χ1) is 7.90. The lowest BCUT2D eigenvalue weighted by atomic mass is 9.94. The second-order valence-corrected chi connectivity index (χ2v) is 5.26. The zero-order chi connectivity index (χ0) is 13.1. The van der Waals surface area contributed by atoms with Crippen LogP contribution in [0.4, 0.5) is 5.69 Å². The molecule has 1 amide bonds. The van der Waals surface area contributed by atoms with Gasteiger partial charge in [-0.2, -0.15) is 5.26 Å². The molecule has 0 unspecified atom stereocenters. The molecule has 1 N–H and O–H groups in total. The Bertz CT molecular complexity index is 475. The maximum Gasteiger partial charge on any atom is 0.244 e. The third-order valence-electron chi connectivity index (χ3n) is 2.54. The standard InChI is InChI=1S/C13H15BrN2O/c1-4-9-7-10(14)5-6-11(9)16-12(17)13(2,3)8-15/h5-7H,4H2,1-3H3,(H,16,17). The predicted octanol–water partition coefficient (Wildman–Crippen LogP) is 3.50. The van der Waals surface area contributed by atoms with Gasteiger partial charge in [0.15, 0.2) is 0 Å². The minimum atomic E-state index is -1.02. The van der Waals surface area contributed by atoms with Crippen molar-refractivity contribution < 1.29 is 4.79 Å². The van der Waals surface area contributed by atoms with E-state index in [1.54, 1.807) is 13.8 Å². The van der Waals surface area contributed by atoms with Crippen molar-refractivity contribution in [3.63, 3.8) is 0 Å². The normalized spacial score (nSPS) is 10.8. The van der Waals surface area contributed by atoms with Crippen LogP contribution in [-0.2, 0) is 11.2 Å². The molecule has 1 aromatic carbocycles. The maximum atomic E-state index is 11.9. The van der Waals surface area contributed by atoms with Crippen LogP contribution in [0.1, 0.15) is 26.3 Å². The second kappa shape index (κ2) is 5.33. The average Bonchev–Trinajstić information content (AvgIpc) is 2.31. The van der Waals surface area contributed by atoms with E-state index < -0.39 is 5.41 Å². The summed E-state index contributed by atoms with van der Waals surface area (Å²) in [6, 6.07) is 7.67. The molecule has 0 aromatic heterocycles. The molecule has 0 bridgehead atoms. The summed E-state index contributed by atoms with van der Waals surface area (Å²) in [5, 5.41) is 11.7. The van der Waals surface area contributed by atoms with Gasteiger partial charge >= 0.3 is 0 Å². The van der Waals surface area contributed by atoms with Crippen LogP contribution < -0.4 is 5.32 Å². The summed E-state index contributed by atoms with van der Waals surface area (Å²) in [5.74, 6) is -0.281. The Morgan fingerprint density at radius 2 is 2.18 bits per heavy atom. The SMILES string of the molecule is CCc1cc(Br)ccc1NC(=O)C(C)(C)C#N. The predicted molar refractivity (Wildman–Crippen MR) is 71.5 cm³/mol. The summed E-state index contributed by atoms with van der Waals surface area (Å²) < 4.78 is 0.979. The van der Waals surface area contributed by atoms with E-state index >= 15 is 0 Å². The number of nitriles is 1. The lowest BCUT2D eigenvalue weighted by Crippen LogP contribution is -2.29. The highest BCUT2D eigenvalue weighted by Crippen LogP contribution is 2.24. The Labute approximate surface area is 110 Å². The van der Waals surface area contributed by atoms with Crippen molar-refractivity contribution in [3.05, 3.63) is 28.2 Å². The summed E-state index contributed by atoms with van der Waals surface area (Å²) in [6.07, 6.45) is 0.821. The zero-order valence-corrected chi connectivity index (χ0v) is 11.8. The molecule has 1 rings (SSSR count). The fourth-order valence-corrected chi connectivity index (χ4v) is 1.71. The molecule has 0 aliphatic carbocycles. The number of carbonyl (C=O) groups is 1. The van der Waals surface area contributed by atoms with E-state index in [-0.39, 0.29) is 5.91 Å². The highest BCUT2D eigenvalue weighted by Gasteiger charge is 2.27. The number of amides is 1. The van der Waals surface area contributed by atoms with E-state index in [1.807, 2.05) is 31.2 Å². The Kier molecular flexibility index (Phi) is 4.30. The van der Waals surface area contributed by atoms with Crippen molar-refractivity contribution >= 4 is 27.5 Å². The number of hydrogen-bond donors (Lipinski definition) is 1. The lowest BCUT2D eigenvalue weighted by Gasteiger charge is -2.17. The Hall–Kier alpha value is -1.34. The third-order valence-corrected chi connectivity index (χ3v) is 3.04. The van der Waals surface area contributed by atoms with Gasteiger partial charge < -0.3 is 5.32 Å². The molecule has 0 fully saturated rings. The van der Waals surface area contributed by atoms with Crippen LogP contribution in [0.5, 0.6) is 0 Å². The van der Waals surface area contributed by atoms with E-state index in [9.17, 15) is 4.79 Å². The van der Waals surface area contributed by atoms with Gasteiger partial charge in [0.1, 0.15) is 5.41 Å². The number of benzene rings is 1. The number of nitrogens with one attached hydrogen (secondary N) is 1. The fraction of sp³-hybridized carbons (Fsp3) is 0.385. The van der Waals surface area contributed by atoms with Crippen LogP contribution in [0.25, 0.3) is 0 Å². The summed E-state index contributed by atoms with van der Waals surface area (Å²) >= 11 is 3.39. The van der Waals surface area contributed by atoms with Crippen LogP contribution >= 0.6 is 15.9 Å². The summed E-state index contributed by atoms with van der Waals surface area (Å²) in [4.78, 5) is 11.9. The van der Waals surface area contributed by atoms with E-state index in [0.717, 1.165) is 22.1 Å². The zero-order valence-electron chi connectivity index (χ0n) is 10.2. The summed E-state index contributed by atoms with van der Waals surface area (Å²) in [5.41, 5.74) is 0.795. The molecule has 0 aliphatic rings. The van der Waals surface area contributed by atoms with Crippen LogP contribution in [-0.4, -0.2) is 5.91 Å². The van der Waals surface area contributed by atoms with E-state index in [4.69, 9.17) is 5.26 Å². The van der Waals surface area contributed by atoms with Crippen LogP contribution in [0.3, 0.4) is 0 Å². The molecule has 0 radical (unpaired) electrons. The van der Waals surface area contributed by atoms with Crippen molar-refractivity contribution in [1.29, 1.82) is 5.26 Å². The summed E-state index contributed by atoms with van der Waals surface area (Å²) in [6.45, 7) is 5.23. The first-order valence-electron chi connectivity index (χ1n) is 5.42. The number of nitrogens with zero attached hydrogens (tertiary/aromatic N) is 1. The van der Waals surface area contributed by atoms with Crippen molar-refractivity contribution in [2.45, 2.75) is 27.2 Å². The summed E-state index contributed by atoms with van der Waals surface area (Å²) in [7, 11) is 0. The van der Waals surface area contributed by atoms with Crippen LogP contribution in [0, 0.1) is 16.7 Å². The van der Waals surface area contributed by atoms with Crippen molar-refractivity contribution in [1.82, 2.24) is 0 Å². The van der Waals surface area contributed by atoms with Gasteiger partial charge in [-0.3, -0.25) is 4.79 Å². The maximum absolute atomic E-state index is 11.9. The van der Waals surface area contributed by atoms with Gasteiger partial charge in [0.2, 0.25) is 5.91 Å². The number of carbonyl (C=O) groups excluding carboxylic acids is 1. The molecule has 0 atom stereocenters. The quantitative estimate of drug-likeness (QED) is 0.928. The first kappa shape index (κ1) is 13.7.